The Hall–Kier alpha value is -2.70. The average Bonchev–Trinajstić information content (AvgIpc) is 3.06. The van der Waals surface area contributed by atoms with Crippen molar-refractivity contribution in [1.82, 2.24) is 0 Å². The van der Waals surface area contributed by atoms with Crippen LogP contribution >= 0.6 is 23.6 Å². The van der Waals surface area contributed by atoms with Gasteiger partial charge in [-0.1, -0.05) is 48.0 Å². The largest absolute Gasteiger partial charge is 0.462 e. The first kappa shape index (κ1) is 19.1. The summed E-state index contributed by atoms with van der Waals surface area (Å²) in [6, 6.07) is 17.7. The van der Waals surface area contributed by atoms with Crippen molar-refractivity contribution in [2.24, 2.45) is 0 Å². The van der Waals surface area contributed by atoms with Gasteiger partial charge in [-0.25, -0.2) is 4.79 Å². The molecule has 0 bridgehead atoms. The maximum absolute atomic E-state index is 12.6. The molecule has 0 aliphatic heterocycles. The van der Waals surface area contributed by atoms with Gasteiger partial charge in [0, 0.05) is 16.6 Å². The fraction of sp³-hybridized carbons (Fsp3) is 0.143. The average molecular weight is 397 g/mol. The van der Waals surface area contributed by atoms with E-state index in [4.69, 9.17) is 17.0 Å². The van der Waals surface area contributed by atoms with Gasteiger partial charge in [0.15, 0.2) is 5.11 Å². The molecule has 0 aliphatic rings. The van der Waals surface area contributed by atoms with Gasteiger partial charge >= 0.3 is 5.97 Å². The number of ether oxygens (including phenoxy) is 1. The molecule has 0 radical (unpaired) electrons. The number of anilines is 2. The van der Waals surface area contributed by atoms with E-state index >= 15 is 0 Å². The monoisotopic (exact) mass is 396 g/mol. The first-order valence-corrected chi connectivity index (χ1v) is 9.86. The SMILES string of the molecule is CCOC(=O)c1c(-c2ccc(C)cc2)csc1NC(=S)Nc1ccccc1. The maximum atomic E-state index is 12.6. The predicted molar refractivity (Wildman–Crippen MR) is 117 cm³/mol. The van der Waals surface area contributed by atoms with Gasteiger partial charge in [0.05, 0.1) is 6.61 Å². The Morgan fingerprint density at radius 1 is 1.07 bits per heavy atom. The Kier molecular flexibility index (Phi) is 6.21. The van der Waals surface area contributed by atoms with Crippen LogP contribution in [-0.4, -0.2) is 17.7 Å². The number of carbonyl (C=O) groups excluding carboxylic acids is 1. The molecular weight excluding hydrogens is 376 g/mol. The number of para-hydroxylation sites is 1. The highest BCUT2D eigenvalue weighted by Crippen LogP contribution is 2.36. The molecule has 0 amide bonds. The molecule has 1 aromatic heterocycles. The minimum atomic E-state index is -0.362. The van der Waals surface area contributed by atoms with E-state index in [1.54, 1.807) is 6.92 Å². The van der Waals surface area contributed by atoms with Crippen LogP contribution in [0, 0.1) is 6.92 Å². The van der Waals surface area contributed by atoms with Crippen molar-refractivity contribution in [3.8, 4) is 11.1 Å². The fourth-order valence-corrected chi connectivity index (χ4v) is 3.83. The van der Waals surface area contributed by atoms with Crippen molar-refractivity contribution in [1.29, 1.82) is 0 Å². The van der Waals surface area contributed by atoms with Gasteiger partial charge in [0.2, 0.25) is 0 Å². The highest BCUT2D eigenvalue weighted by Gasteiger charge is 2.22. The lowest BCUT2D eigenvalue weighted by atomic mass is 10.0. The summed E-state index contributed by atoms with van der Waals surface area (Å²) in [6.45, 7) is 4.14. The second kappa shape index (κ2) is 8.79. The summed E-state index contributed by atoms with van der Waals surface area (Å²) >= 11 is 6.83. The lowest BCUT2D eigenvalue weighted by Crippen LogP contribution is -2.20. The van der Waals surface area contributed by atoms with E-state index < -0.39 is 0 Å². The van der Waals surface area contributed by atoms with Gasteiger partial charge in [0.1, 0.15) is 10.6 Å². The molecule has 0 aliphatic carbocycles. The van der Waals surface area contributed by atoms with Crippen LogP contribution in [0.1, 0.15) is 22.8 Å². The van der Waals surface area contributed by atoms with Crippen LogP contribution in [-0.2, 0) is 4.74 Å². The molecule has 6 heteroatoms. The van der Waals surface area contributed by atoms with Crippen LogP contribution in [0.2, 0.25) is 0 Å². The summed E-state index contributed by atoms with van der Waals surface area (Å²) in [4.78, 5) is 12.6. The summed E-state index contributed by atoms with van der Waals surface area (Å²) in [7, 11) is 0. The van der Waals surface area contributed by atoms with Crippen molar-refractivity contribution in [3.63, 3.8) is 0 Å². The number of thiocarbonyl (C=S) groups is 1. The predicted octanol–water partition coefficient (Wildman–Crippen LogP) is 5.71. The van der Waals surface area contributed by atoms with E-state index in [1.165, 1.54) is 16.9 Å². The van der Waals surface area contributed by atoms with Gasteiger partial charge in [-0.15, -0.1) is 11.3 Å². The lowest BCUT2D eigenvalue weighted by Gasteiger charge is -2.12. The molecule has 2 aromatic carbocycles. The van der Waals surface area contributed by atoms with E-state index in [1.807, 2.05) is 66.9 Å². The Balaban J connectivity index is 1.89. The number of hydrogen-bond acceptors (Lipinski definition) is 4. The molecule has 3 rings (SSSR count). The van der Waals surface area contributed by atoms with Crippen LogP contribution in [0.15, 0.2) is 60.0 Å². The van der Waals surface area contributed by atoms with Crippen molar-refractivity contribution in [2.75, 3.05) is 17.2 Å². The van der Waals surface area contributed by atoms with Gasteiger partial charge in [-0.05, 0) is 43.8 Å². The molecule has 2 N–H and O–H groups in total. The van der Waals surface area contributed by atoms with Crippen LogP contribution in [0.4, 0.5) is 10.7 Å². The Morgan fingerprint density at radius 3 is 2.44 bits per heavy atom. The first-order valence-electron chi connectivity index (χ1n) is 8.57. The smallest absolute Gasteiger partial charge is 0.341 e. The van der Waals surface area contributed by atoms with Crippen molar-refractivity contribution < 1.29 is 9.53 Å². The summed E-state index contributed by atoms with van der Waals surface area (Å²) in [5.74, 6) is -0.362. The number of esters is 1. The molecule has 0 unspecified atom stereocenters. The van der Waals surface area contributed by atoms with Crippen LogP contribution < -0.4 is 10.6 Å². The second-order valence-corrected chi connectivity index (χ2v) is 7.17. The second-order valence-electron chi connectivity index (χ2n) is 5.89. The highest BCUT2D eigenvalue weighted by molar-refractivity contribution is 7.80. The molecule has 3 aromatic rings. The van der Waals surface area contributed by atoms with Gasteiger partial charge in [-0.3, -0.25) is 0 Å². The number of carbonyl (C=O) groups is 1. The van der Waals surface area contributed by atoms with Crippen LogP contribution in [0.3, 0.4) is 0 Å². The molecule has 138 valence electrons. The zero-order valence-electron chi connectivity index (χ0n) is 15.1. The van der Waals surface area contributed by atoms with Crippen molar-refractivity contribution in [3.05, 3.63) is 71.1 Å². The molecule has 0 saturated heterocycles. The van der Waals surface area contributed by atoms with Gasteiger partial charge in [0.25, 0.3) is 0 Å². The summed E-state index contributed by atoms with van der Waals surface area (Å²) in [5.41, 5.74) is 4.35. The molecule has 0 atom stereocenters. The topological polar surface area (TPSA) is 50.4 Å². The number of hydrogen-bond donors (Lipinski definition) is 2. The molecule has 1 heterocycles. The molecular formula is C21H20N2O2S2. The van der Waals surface area contributed by atoms with Crippen LogP contribution in [0.25, 0.3) is 11.1 Å². The molecule has 4 nitrogen and oxygen atoms in total. The maximum Gasteiger partial charge on any atom is 0.341 e. The molecule has 0 spiro atoms. The number of benzene rings is 2. The molecule has 0 saturated carbocycles. The minimum absolute atomic E-state index is 0.314. The third-order valence-electron chi connectivity index (χ3n) is 3.89. The van der Waals surface area contributed by atoms with Gasteiger partial charge in [-0.2, -0.15) is 0 Å². The summed E-state index contributed by atoms with van der Waals surface area (Å²) in [6.07, 6.45) is 0. The fourth-order valence-electron chi connectivity index (χ4n) is 2.59. The number of thiophene rings is 1. The zero-order valence-corrected chi connectivity index (χ0v) is 16.7. The lowest BCUT2D eigenvalue weighted by molar-refractivity contribution is 0.0529. The van der Waals surface area contributed by atoms with E-state index in [0.29, 0.717) is 22.3 Å². The number of nitrogens with one attached hydrogen (secondary N) is 2. The Bertz CT molecular complexity index is 935. The van der Waals surface area contributed by atoms with Crippen LogP contribution in [0.5, 0.6) is 0 Å². The van der Waals surface area contributed by atoms with E-state index in [-0.39, 0.29) is 5.97 Å². The summed E-state index contributed by atoms with van der Waals surface area (Å²) in [5, 5.41) is 9.29. The Labute approximate surface area is 168 Å². The highest BCUT2D eigenvalue weighted by atomic mass is 32.1. The summed E-state index contributed by atoms with van der Waals surface area (Å²) < 4.78 is 5.28. The number of aryl methyl sites for hydroxylation is 1. The quantitative estimate of drug-likeness (QED) is 0.427. The first-order chi connectivity index (χ1) is 13.1. The van der Waals surface area contributed by atoms with Crippen molar-refractivity contribution in [2.45, 2.75) is 13.8 Å². The van der Waals surface area contributed by atoms with Gasteiger partial charge < -0.3 is 15.4 Å². The third-order valence-corrected chi connectivity index (χ3v) is 4.99. The van der Waals surface area contributed by atoms with Crippen molar-refractivity contribution >= 4 is 45.3 Å². The van der Waals surface area contributed by atoms with E-state index in [9.17, 15) is 4.79 Å². The standard InChI is InChI=1S/C21H20N2O2S2/c1-3-25-20(24)18-17(15-11-9-14(2)10-12-15)13-27-19(18)23-21(26)22-16-7-5-4-6-8-16/h4-13H,3H2,1-2H3,(H2,22,23,26). The minimum Gasteiger partial charge on any atom is -0.462 e. The number of rotatable bonds is 5. The Morgan fingerprint density at radius 2 is 1.78 bits per heavy atom. The molecule has 0 fully saturated rings. The zero-order chi connectivity index (χ0) is 19.2. The third kappa shape index (κ3) is 4.72. The van der Waals surface area contributed by atoms with E-state index in [2.05, 4.69) is 10.6 Å². The normalized spacial score (nSPS) is 10.3. The van der Waals surface area contributed by atoms with E-state index in [0.717, 1.165) is 16.8 Å². The molecule has 27 heavy (non-hydrogen) atoms.